The van der Waals surface area contributed by atoms with E-state index < -0.39 is 0 Å². The summed E-state index contributed by atoms with van der Waals surface area (Å²) < 4.78 is 2.14. The maximum absolute atomic E-state index is 12.8. The van der Waals surface area contributed by atoms with E-state index in [1.54, 1.807) is 7.05 Å². The fourth-order valence-electron chi connectivity index (χ4n) is 3.35. The lowest BCUT2D eigenvalue weighted by molar-refractivity contribution is -0.113. The molecule has 0 radical (unpaired) electrons. The molecule has 0 saturated heterocycles. The van der Waals surface area contributed by atoms with E-state index in [2.05, 4.69) is 11.4 Å². The van der Waals surface area contributed by atoms with Gasteiger partial charge in [-0.15, -0.1) is 11.3 Å². The fourth-order valence-corrected chi connectivity index (χ4v) is 5.10. The number of hydrogen-bond donors (Lipinski definition) is 1. The third-order valence-electron chi connectivity index (χ3n) is 4.68. The second-order valence-electron chi connectivity index (χ2n) is 7.16. The molecule has 0 aliphatic heterocycles. The highest BCUT2D eigenvalue weighted by atomic mass is 32.2. The van der Waals surface area contributed by atoms with Gasteiger partial charge < -0.3 is 5.32 Å². The van der Waals surface area contributed by atoms with E-state index in [4.69, 9.17) is 4.98 Å². The van der Waals surface area contributed by atoms with Crippen LogP contribution >= 0.6 is 23.1 Å². The summed E-state index contributed by atoms with van der Waals surface area (Å²) in [7, 11) is 1.70. The molecular formula is C23H21N3O2S2. The summed E-state index contributed by atoms with van der Waals surface area (Å²) >= 11 is 2.67. The number of thiophene rings is 1. The van der Waals surface area contributed by atoms with Gasteiger partial charge in [0.2, 0.25) is 5.91 Å². The van der Waals surface area contributed by atoms with Gasteiger partial charge in [-0.2, -0.15) is 0 Å². The van der Waals surface area contributed by atoms with Crippen molar-refractivity contribution in [3.05, 3.63) is 75.4 Å². The molecule has 1 amide bonds. The smallest absolute Gasteiger partial charge is 0.271 e. The molecule has 0 atom stereocenters. The maximum Gasteiger partial charge on any atom is 0.271 e. The van der Waals surface area contributed by atoms with Crippen LogP contribution in [0.2, 0.25) is 0 Å². The summed E-state index contributed by atoms with van der Waals surface area (Å²) in [6, 6.07) is 15.8. The van der Waals surface area contributed by atoms with Crippen LogP contribution in [0.25, 0.3) is 21.3 Å². The van der Waals surface area contributed by atoms with Gasteiger partial charge in [-0.05, 0) is 42.7 Å². The van der Waals surface area contributed by atoms with Gasteiger partial charge in [0.15, 0.2) is 5.16 Å². The second-order valence-corrected chi connectivity index (χ2v) is 8.99. The van der Waals surface area contributed by atoms with Crippen LogP contribution in [0.3, 0.4) is 0 Å². The van der Waals surface area contributed by atoms with Gasteiger partial charge in [0, 0.05) is 23.7 Å². The Labute approximate surface area is 182 Å². The van der Waals surface area contributed by atoms with Gasteiger partial charge in [-0.1, -0.05) is 48.2 Å². The van der Waals surface area contributed by atoms with Crippen LogP contribution < -0.4 is 10.9 Å². The SMILES string of the molecule is Cc1cc(C)cc(NC(=O)CSc2nc3c(-c4ccccc4)csc3c(=O)n2C)c1. The van der Waals surface area contributed by atoms with E-state index in [0.29, 0.717) is 15.4 Å². The highest BCUT2D eigenvalue weighted by Crippen LogP contribution is 2.32. The van der Waals surface area contributed by atoms with Crippen LogP contribution in [0.4, 0.5) is 5.69 Å². The van der Waals surface area contributed by atoms with Crippen LogP contribution in [-0.4, -0.2) is 21.2 Å². The van der Waals surface area contributed by atoms with Crippen LogP contribution in [0, 0.1) is 13.8 Å². The van der Waals surface area contributed by atoms with Crippen molar-refractivity contribution in [1.82, 2.24) is 9.55 Å². The molecule has 152 valence electrons. The van der Waals surface area contributed by atoms with Gasteiger partial charge >= 0.3 is 0 Å². The second kappa shape index (κ2) is 8.45. The molecule has 0 aliphatic rings. The number of carbonyl (C=O) groups excluding carboxylic acids is 1. The number of amides is 1. The molecule has 0 spiro atoms. The molecule has 2 aromatic heterocycles. The Morgan fingerprint density at radius 2 is 1.83 bits per heavy atom. The molecule has 0 saturated carbocycles. The molecule has 5 nitrogen and oxygen atoms in total. The van der Waals surface area contributed by atoms with Crippen molar-refractivity contribution in [1.29, 1.82) is 0 Å². The minimum Gasteiger partial charge on any atom is -0.325 e. The Morgan fingerprint density at radius 1 is 1.13 bits per heavy atom. The molecule has 0 bridgehead atoms. The summed E-state index contributed by atoms with van der Waals surface area (Å²) in [6.07, 6.45) is 0. The van der Waals surface area contributed by atoms with Crippen molar-refractivity contribution in [2.45, 2.75) is 19.0 Å². The number of carbonyl (C=O) groups is 1. The van der Waals surface area contributed by atoms with Crippen molar-refractivity contribution in [2.24, 2.45) is 7.05 Å². The Hall–Kier alpha value is -2.90. The first-order valence-electron chi connectivity index (χ1n) is 9.47. The van der Waals surface area contributed by atoms with Crippen LogP contribution in [0.5, 0.6) is 0 Å². The number of hydrogen-bond acceptors (Lipinski definition) is 5. The predicted molar refractivity (Wildman–Crippen MR) is 126 cm³/mol. The molecule has 2 aromatic carbocycles. The number of anilines is 1. The van der Waals surface area contributed by atoms with Crippen molar-refractivity contribution < 1.29 is 4.79 Å². The van der Waals surface area contributed by atoms with Gasteiger partial charge in [-0.3, -0.25) is 14.2 Å². The van der Waals surface area contributed by atoms with E-state index in [1.807, 2.05) is 61.7 Å². The molecule has 2 heterocycles. The molecule has 0 aliphatic carbocycles. The summed E-state index contributed by atoms with van der Waals surface area (Å²) in [5, 5.41) is 5.42. The zero-order valence-corrected chi connectivity index (χ0v) is 18.6. The summed E-state index contributed by atoms with van der Waals surface area (Å²) in [6.45, 7) is 4.00. The van der Waals surface area contributed by atoms with E-state index >= 15 is 0 Å². The minimum atomic E-state index is -0.132. The van der Waals surface area contributed by atoms with Gasteiger partial charge in [0.25, 0.3) is 5.56 Å². The number of benzene rings is 2. The van der Waals surface area contributed by atoms with E-state index in [1.165, 1.54) is 27.7 Å². The quantitative estimate of drug-likeness (QED) is 0.354. The van der Waals surface area contributed by atoms with E-state index in [0.717, 1.165) is 27.9 Å². The normalized spacial score (nSPS) is 11.0. The fraction of sp³-hybridized carbons (Fsp3) is 0.174. The zero-order valence-electron chi connectivity index (χ0n) is 16.9. The Balaban J connectivity index is 1.59. The maximum atomic E-state index is 12.8. The highest BCUT2D eigenvalue weighted by Gasteiger charge is 2.16. The third kappa shape index (κ3) is 4.17. The molecular weight excluding hydrogens is 414 g/mol. The summed E-state index contributed by atoms with van der Waals surface area (Å²) in [5.41, 5.74) is 5.52. The average molecular weight is 436 g/mol. The van der Waals surface area contributed by atoms with Crippen molar-refractivity contribution >= 4 is 44.9 Å². The zero-order chi connectivity index (χ0) is 21.3. The Bertz CT molecular complexity index is 1270. The van der Waals surface area contributed by atoms with E-state index in [9.17, 15) is 9.59 Å². The molecule has 4 aromatic rings. The lowest BCUT2D eigenvalue weighted by Gasteiger charge is -2.09. The van der Waals surface area contributed by atoms with Gasteiger partial charge in [-0.25, -0.2) is 4.98 Å². The molecule has 1 N–H and O–H groups in total. The van der Waals surface area contributed by atoms with Crippen LogP contribution in [-0.2, 0) is 11.8 Å². The molecule has 30 heavy (non-hydrogen) atoms. The number of fused-ring (bicyclic) bond motifs is 1. The Kier molecular flexibility index (Phi) is 5.74. The van der Waals surface area contributed by atoms with Crippen LogP contribution in [0.1, 0.15) is 11.1 Å². The van der Waals surface area contributed by atoms with Crippen molar-refractivity contribution in [3.63, 3.8) is 0 Å². The van der Waals surface area contributed by atoms with Crippen molar-refractivity contribution in [2.75, 3.05) is 11.1 Å². The average Bonchev–Trinajstić information content (AvgIpc) is 3.13. The number of nitrogens with one attached hydrogen (secondary N) is 1. The molecule has 0 fully saturated rings. The number of nitrogens with zero attached hydrogens (tertiary/aromatic N) is 2. The van der Waals surface area contributed by atoms with E-state index in [-0.39, 0.29) is 17.2 Å². The monoisotopic (exact) mass is 435 g/mol. The highest BCUT2D eigenvalue weighted by molar-refractivity contribution is 7.99. The largest absolute Gasteiger partial charge is 0.325 e. The first-order chi connectivity index (χ1) is 14.4. The molecule has 0 unspecified atom stereocenters. The predicted octanol–water partition coefficient (Wildman–Crippen LogP) is 5.01. The van der Waals surface area contributed by atoms with Gasteiger partial charge in [0.1, 0.15) is 4.70 Å². The number of aryl methyl sites for hydroxylation is 2. The number of rotatable bonds is 5. The lowest BCUT2D eigenvalue weighted by atomic mass is 10.1. The first kappa shape index (κ1) is 20.4. The summed E-state index contributed by atoms with van der Waals surface area (Å²) in [5.74, 6) is 0.0387. The molecule has 4 rings (SSSR count). The van der Waals surface area contributed by atoms with Crippen molar-refractivity contribution in [3.8, 4) is 11.1 Å². The standard InChI is InChI=1S/C23H21N3O2S2/c1-14-9-15(2)11-17(10-14)24-19(27)13-30-23-25-20-18(16-7-5-4-6-8-16)12-29-21(20)22(28)26(23)3/h4-12H,13H2,1-3H3,(H,24,27). The first-order valence-corrected chi connectivity index (χ1v) is 11.3. The van der Waals surface area contributed by atoms with Crippen LogP contribution in [0.15, 0.2) is 63.9 Å². The van der Waals surface area contributed by atoms with Gasteiger partial charge in [0.05, 0.1) is 11.3 Å². The minimum absolute atomic E-state index is 0.0931. The Morgan fingerprint density at radius 3 is 2.53 bits per heavy atom. The molecule has 7 heteroatoms. The summed E-state index contributed by atoms with van der Waals surface area (Å²) in [4.78, 5) is 30.0. The number of aromatic nitrogens is 2. The third-order valence-corrected chi connectivity index (χ3v) is 6.67. The topological polar surface area (TPSA) is 64.0 Å². The lowest BCUT2D eigenvalue weighted by Crippen LogP contribution is -2.20. The number of thioether (sulfide) groups is 1.